The Bertz CT molecular complexity index is 723. The van der Waals surface area contributed by atoms with E-state index in [0.29, 0.717) is 16.3 Å². The number of amides is 1. The van der Waals surface area contributed by atoms with Gasteiger partial charge in [-0.15, -0.1) is 0 Å². The lowest BCUT2D eigenvalue weighted by Crippen LogP contribution is -2.44. The van der Waals surface area contributed by atoms with Gasteiger partial charge in [0.1, 0.15) is 0 Å². The number of nitrogens with one attached hydrogen (secondary N) is 1. The van der Waals surface area contributed by atoms with Gasteiger partial charge in [0, 0.05) is 35.9 Å². The van der Waals surface area contributed by atoms with Gasteiger partial charge in [0.25, 0.3) is 5.91 Å². The lowest BCUT2D eigenvalue weighted by molar-refractivity contribution is -0.0704. The van der Waals surface area contributed by atoms with Crippen molar-refractivity contribution in [3.05, 3.63) is 64.7 Å². The Hall–Kier alpha value is -1.88. The number of halogens is 1. The van der Waals surface area contributed by atoms with E-state index in [1.54, 1.807) is 12.1 Å². The summed E-state index contributed by atoms with van der Waals surface area (Å²) in [6.07, 6.45) is 0.512. The first-order chi connectivity index (χ1) is 12.0. The molecule has 3 rings (SSSR count). The second-order valence-corrected chi connectivity index (χ2v) is 7.05. The van der Waals surface area contributed by atoms with Crippen LogP contribution < -0.4 is 5.32 Å². The molecule has 1 saturated heterocycles. The fourth-order valence-electron chi connectivity index (χ4n) is 3.20. The van der Waals surface area contributed by atoms with Gasteiger partial charge in [-0.1, -0.05) is 29.8 Å². The van der Waals surface area contributed by atoms with Gasteiger partial charge in [0.2, 0.25) is 0 Å². The van der Waals surface area contributed by atoms with Crippen molar-refractivity contribution in [3.63, 3.8) is 0 Å². The van der Waals surface area contributed by atoms with E-state index in [4.69, 9.17) is 16.3 Å². The highest BCUT2D eigenvalue weighted by molar-refractivity contribution is 6.30. The van der Waals surface area contributed by atoms with Crippen LogP contribution in [0.15, 0.2) is 48.5 Å². The first-order valence-corrected chi connectivity index (χ1v) is 8.91. The van der Waals surface area contributed by atoms with Crippen LogP contribution in [0.3, 0.4) is 0 Å². The summed E-state index contributed by atoms with van der Waals surface area (Å²) < 4.78 is 5.77. The molecule has 4 nitrogen and oxygen atoms in total. The molecule has 1 heterocycles. The molecule has 0 aromatic heterocycles. The van der Waals surface area contributed by atoms with E-state index in [0.717, 1.165) is 19.6 Å². The summed E-state index contributed by atoms with van der Waals surface area (Å²) in [5, 5.41) is 3.46. The molecular weight excluding hydrogens is 336 g/mol. The molecule has 1 fully saturated rings. The highest BCUT2D eigenvalue weighted by Gasteiger charge is 2.22. The van der Waals surface area contributed by atoms with Crippen LogP contribution in [0, 0.1) is 0 Å². The maximum Gasteiger partial charge on any atom is 0.255 e. The van der Waals surface area contributed by atoms with Gasteiger partial charge >= 0.3 is 0 Å². The molecule has 0 bridgehead atoms. The molecule has 0 spiro atoms. The Morgan fingerprint density at radius 1 is 1.16 bits per heavy atom. The number of carbonyl (C=O) groups excluding carboxylic acids is 1. The molecule has 1 aliphatic heterocycles. The lowest BCUT2D eigenvalue weighted by atomic mass is 10.1. The molecule has 5 heteroatoms. The summed E-state index contributed by atoms with van der Waals surface area (Å²) in [5.41, 5.74) is 2.52. The average molecular weight is 359 g/mol. The van der Waals surface area contributed by atoms with E-state index >= 15 is 0 Å². The number of morpholine rings is 1. The standard InChI is InChI=1S/C20H23ClN2O2/c1-14-11-23(12-15(2)25-14)13-16-6-8-17(9-7-16)20(24)22-19-5-3-4-18(21)10-19/h3-10,14-15H,11-13H2,1-2H3,(H,22,24). The topological polar surface area (TPSA) is 41.6 Å². The van der Waals surface area contributed by atoms with E-state index in [9.17, 15) is 4.79 Å². The van der Waals surface area contributed by atoms with Crippen LogP contribution in [0.1, 0.15) is 29.8 Å². The third kappa shape index (κ3) is 5.05. The third-order valence-electron chi connectivity index (χ3n) is 4.20. The van der Waals surface area contributed by atoms with Crippen LogP contribution in [0.25, 0.3) is 0 Å². The molecule has 0 radical (unpaired) electrons. The largest absolute Gasteiger partial charge is 0.373 e. The van der Waals surface area contributed by atoms with Crippen molar-refractivity contribution in [1.82, 2.24) is 4.90 Å². The second-order valence-electron chi connectivity index (χ2n) is 6.61. The summed E-state index contributed by atoms with van der Waals surface area (Å²) >= 11 is 5.94. The lowest BCUT2D eigenvalue weighted by Gasteiger charge is -2.35. The zero-order valence-electron chi connectivity index (χ0n) is 14.5. The maximum absolute atomic E-state index is 12.3. The molecular formula is C20H23ClN2O2. The molecule has 132 valence electrons. The second kappa shape index (κ2) is 8.00. The summed E-state index contributed by atoms with van der Waals surface area (Å²) in [4.78, 5) is 14.7. The van der Waals surface area contributed by atoms with E-state index < -0.39 is 0 Å². The number of anilines is 1. The normalized spacial score (nSPS) is 21.1. The molecule has 0 saturated carbocycles. The zero-order valence-corrected chi connectivity index (χ0v) is 15.3. The van der Waals surface area contributed by atoms with Crippen molar-refractivity contribution in [2.45, 2.75) is 32.6 Å². The van der Waals surface area contributed by atoms with Gasteiger partial charge in [-0.3, -0.25) is 9.69 Å². The zero-order chi connectivity index (χ0) is 17.8. The van der Waals surface area contributed by atoms with Crippen molar-refractivity contribution in [2.24, 2.45) is 0 Å². The van der Waals surface area contributed by atoms with Gasteiger partial charge in [0.15, 0.2) is 0 Å². The fourth-order valence-corrected chi connectivity index (χ4v) is 3.39. The molecule has 2 aromatic rings. The predicted octanol–water partition coefficient (Wildman–Crippen LogP) is 4.20. The number of carbonyl (C=O) groups is 1. The highest BCUT2D eigenvalue weighted by atomic mass is 35.5. The van der Waals surface area contributed by atoms with Crippen molar-refractivity contribution >= 4 is 23.2 Å². The summed E-state index contributed by atoms with van der Waals surface area (Å²) in [6, 6.07) is 14.9. The van der Waals surface area contributed by atoms with Gasteiger partial charge < -0.3 is 10.1 Å². The van der Waals surface area contributed by atoms with Gasteiger partial charge in [-0.2, -0.15) is 0 Å². The molecule has 0 aliphatic carbocycles. The Morgan fingerprint density at radius 3 is 2.48 bits per heavy atom. The van der Waals surface area contributed by atoms with Crippen LogP contribution in [0.2, 0.25) is 5.02 Å². The Labute approximate surface area is 153 Å². The molecule has 1 N–H and O–H groups in total. The Kier molecular flexibility index (Phi) is 5.74. The summed E-state index contributed by atoms with van der Waals surface area (Å²) in [7, 11) is 0. The number of nitrogens with zero attached hydrogens (tertiary/aromatic N) is 1. The minimum Gasteiger partial charge on any atom is -0.373 e. The average Bonchev–Trinajstić information content (AvgIpc) is 2.54. The number of ether oxygens (including phenoxy) is 1. The van der Waals surface area contributed by atoms with Gasteiger partial charge in [-0.05, 0) is 49.7 Å². The first-order valence-electron chi connectivity index (χ1n) is 8.53. The Balaban J connectivity index is 1.60. The molecule has 25 heavy (non-hydrogen) atoms. The predicted molar refractivity (Wildman–Crippen MR) is 101 cm³/mol. The monoisotopic (exact) mass is 358 g/mol. The van der Waals surface area contributed by atoms with Crippen LogP contribution in [0.4, 0.5) is 5.69 Å². The molecule has 2 unspecified atom stereocenters. The number of hydrogen-bond donors (Lipinski definition) is 1. The molecule has 2 aromatic carbocycles. The van der Waals surface area contributed by atoms with Gasteiger partial charge in [0.05, 0.1) is 12.2 Å². The molecule has 1 aliphatic rings. The third-order valence-corrected chi connectivity index (χ3v) is 4.44. The van der Waals surface area contributed by atoms with Crippen molar-refractivity contribution in [1.29, 1.82) is 0 Å². The molecule has 1 amide bonds. The summed E-state index contributed by atoms with van der Waals surface area (Å²) in [6.45, 7) is 6.94. The van der Waals surface area contributed by atoms with E-state index in [1.165, 1.54) is 5.56 Å². The van der Waals surface area contributed by atoms with Crippen LogP contribution in [-0.4, -0.2) is 36.1 Å². The van der Waals surface area contributed by atoms with Crippen LogP contribution in [0.5, 0.6) is 0 Å². The molecule has 2 atom stereocenters. The van der Waals surface area contributed by atoms with Crippen molar-refractivity contribution in [2.75, 3.05) is 18.4 Å². The van der Waals surface area contributed by atoms with Gasteiger partial charge in [-0.25, -0.2) is 0 Å². The van der Waals surface area contributed by atoms with Crippen molar-refractivity contribution < 1.29 is 9.53 Å². The smallest absolute Gasteiger partial charge is 0.255 e. The fraction of sp³-hybridized carbons (Fsp3) is 0.350. The SMILES string of the molecule is CC1CN(Cc2ccc(C(=O)Nc3cccc(Cl)c3)cc2)CC(C)O1. The highest BCUT2D eigenvalue weighted by Crippen LogP contribution is 2.17. The van der Waals surface area contributed by atoms with E-state index in [-0.39, 0.29) is 18.1 Å². The minimum atomic E-state index is -0.137. The van der Waals surface area contributed by atoms with Crippen LogP contribution in [-0.2, 0) is 11.3 Å². The maximum atomic E-state index is 12.3. The van der Waals surface area contributed by atoms with Crippen LogP contribution >= 0.6 is 11.6 Å². The van der Waals surface area contributed by atoms with E-state index in [1.807, 2.05) is 36.4 Å². The summed E-state index contributed by atoms with van der Waals surface area (Å²) in [5.74, 6) is -0.137. The Morgan fingerprint density at radius 2 is 1.84 bits per heavy atom. The van der Waals surface area contributed by atoms with E-state index in [2.05, 4.69) is 24.1 Å². The first kappa shape index (κ1) is 17.9. The number of hydrogen-bond acceptors (Lipinski definition) is 3. The quantitative estimate of drug-likeness (QED) is 0.890. The minimum absolute atomic E-state index is 0.137. The number of rotatable bonds is 4. The van der Waals surface area contributed by atoms with Crippen molar-refractivity contribution in [3.8, 4) is 0 Å². The number of benzene rings is 2.